The Hall–Kier alpha value is -1.02. The number of rotatable bonds is 4. The maximum Gasteiger partial charge on any atom is 0.0234 e. The van der Waals surface area contributed by atoms with Gasteiger partial charge in [0.05, 0.1) is 0 Å². The Bertz CT molecular complexity index is 474. The van der Waals surface area contributed by atoms with Crippen LogP contribution in [0.2, 0.25) is 0 Å². The Morgan fingerprint density at radius 1 is 0.571 bits per heavy atom. The van der Waals surface area contributed by atoms with Crippen molar-refractivity contribution >= 4 is 0 Å². The number of benzene rings is 1. The summed E-state index contributed by atoms with van der Waals surface area (Å²) in [6.07, 6.45) is 2.46. The molecule has 0 aliphatic carbocycles. The van der Waals surface area contributed by atoms with Gasteiger partial charge in [0.25, 0.3) is 0 Å². The van der Waals surface area contributed by atoms with Crippen molar-refractivity contribution in [3.05, 3.63) is 35.4 Å². The summed E-state index contributed by atoms with van der Waals surface area (Å²) in [4.78, 5) is 5.19. The molecule has 0 bridgehead atoms. The van der Waals surface area contributed by atoms with Crippen LogP contribution >= 0.6 is 0 Å². The van der Waals surface area contributed by atoms with Gasteiger partial charge in [0.2, 0.25) is 0 Å². The van der Waals surface area contributed by atoms with Crippen molar-refractivity contribution in [1.29, 1.82) is 0 Å². The van der Waals surface area contributed by atoms with E-state index >= 15 is 0 Å². The Morgan fingerprint density at radius 3 is 1.54 bits per heavy atom. The second-order valence-corrected chi connectivity index (χ2v) is 8.08. The Labute approximate surface area is 171 Å². The molecule has 158 valence electrons. The zero-order valence-corrected chi connectivity index (χ0v) is 17.5. The Morgan fingerprint density at radius 2 is 1.04 bits per heavy atom. The van der Waals surface area contributed by atoms with Gasteiger partial charge in [-0.3, -0.25) is 9.80 Å². The van der Waals surface area contributed by atoms with Gasteiger partial charge in [-0.15, -0.1) is 0 Å². The number of hydrogen-bond donors (Lipinski definition) is 4. The van der Waals surface area contributed by atoms with Crippen molar-refractivity contribution < 1.29 is 0 Å². The van der Waals surface area contributed by atoms with E-state index in [9.17, 15) is 0 Å². The first-order valence-electron chi connectivity index (χ1n) is 11.3. The molecule has 0 amide bonds. The van der Waals surface area contributed by atoms with Crippen molar-refractivity contribution in [2.24, 2.45) is 0 Å². The van der Waals surface area contributed by atoms with Gasteiger partial charge in [-0.25, -0.2) is 0 Å². The summed E-state index contributed by atoms with van der Waals surface area (Å²) in [7, 11) is 0. The topological polar surface area (TPSA) is 54.6 Å². The third kappa shape index (κ3) is 8.55. The van der Waals surface area contributed by atoms with Crippen molar-refractivity contribution in [2.45, 2.75) is 25.9 Å². The lowest BCUT2D eigenvalue weighted by Gasteiger charge is -2.26. The van der Waals surface area contributed by atoms with Crippen LogP contribution in [0.15, 0.2) is 24.3 Å². The minimum atomic E-state index is 1.06. The Balaban J connectivity index is 1.52. The van der Waals surface area contributed by atoms with Crippen LogP contribution in [0.3, 0.4) is 0 Å². The third-order valence-electron chi connectivity index (χ3n) is 5.63. The van der Waals surface area contributed by atoms with Gasteiger partial charge < -0.3 is 21.3 Å². The summed E-state index contributed by atoms with van der Waals surface area (Å²) in [6, 6.07) is 9.26. The second-order valence-electron chi connectivity index (χ2n) is 8.08. The fourth-order valence-corrected chi connectivity index (χ4v) is 4.07. The quantitative estimate of drug-likeness (QED) is 0.601. The average Bonchev–Trinajstić information content (AvgIpc) is 2.72. The summed E-state index contributed by atoms with van der Waals surface area (Å²) < 4.78 is 0. The molecule has 2 aliphatic heterocycles. The van der Waals surface area contributed by atoms with Gasteiger partial charge in [-0.05, 0) is 50.1 Å². The molecule has 3 rings (SSSR count). The maximum absolute atomic E-state index is 3.54. The molecule has 2 saturated heterocycles. The molecule has 4 N–H and O–H groups in total. The predicted octanol–water partition coefficient (Wildman–Crippen LogP) is 0.456. The fraction of sp³-hybridized carbons (Fsp3) is 0.727. The normalized spacial score (nSPS) is 22.6. The number of nitrogens with one attached hydrogen (secondary N) is 4. The highest BCUT2D eigenvalue weighted by Gasteiger charge is 2.10. The van der Waals surface area contributed by atoms with E-state index in [-0.39, 0.29) is 0 Å². The lowest BCUT2D eigenvalue weighted by atomic mass is 10.1. The molecule has 6 heteroatoms. The molecular weight excluding hydrogens is 348 g/mol. The van der Waals surface area contributed by atoms with Gasteiger partial charge in [0, 0.05) is 65.4 Å². The molecule has 2 heterocycles. The van der Waals surface area contributed by atoms with Crippen molar-refractivity contribution in [2.75, 3.05) is 78.5 Å². The fourth-order valence-electron chi connectivity index (χ4n) is 4.07. The monoisotopic (exact) mass is 388 g/mol. The summed E-state index contributed by atoms with van der Waals surface area (Å²) in [5.41, 5.74) is 2.90. The van der Waals surface area contributed by atoms with E-state index in [0.29, 0.717) is 0 Å². The van der Waals surface area contributed by atoms with E-state index in [4.69, 9.17) is 0 Å². The first kappa shape index (κ1) is 21.7. The summed E-state index contributed by atoms with van der Waals surface area (Å²) in [5, 5.41) is 14.1. The molecule has 6 nitrogen and oxygen atoms in total. The van der Waals surface area contributed by atoms with Crippen LogP contribution < -0.4 is 21.3 Å². The van der Waals surface area contributed by atoms with E-state index in [1.807, 2.05) is 0 Å². The molecule has 28 heavy (non-hydrogen) atoms. The molecule has 0 radical (unpaired) electrons. The summed E-state index contributed by atoms with van der Waals surface area (Å²) in [5.74, 6) is 0. The van der Waals surface area contributed by atoms with E-state index in [1.165, 1.54) is 37.1 Å². The molecule has 0 unspecified atom stereocenters. The summed E-state index contributed by atoms with van der Waals surface area (Å²) >= 11 is 0. The first-order valence-corrected chi connectivity index (χ1v) is 11.3. The zero-order valence-electron chi connectivity index (χ0n) is 17.5. The molecule has 2 fully saturated rings. The molecule has 0 spiro atoms. The maximum atomic E-state index is 3.54. The van der Waals surface area contributed by atoms with Gasteiger partial charge in [-0.2, -0.15) is 0 Å². The van der Waals surface area contributed by atoms with Gasteiger partial charge in [0.1, 0.15) is 0 Å². The molecule has 2 aliphatic rings. The standard InChI is InChI=1S/C22H40N6/c1-4-21(19-27-14-2-6-23-8-10-25-12-16-27)18-22(5-1)20-28-15-3-7-24-9-11-26-13-17-28/h1,4-5,18,23-26H,2-3,6-17,19-20H2. The third-order valence-corrected chi connectivity index (χ3v) is 5.63. The molecule has 0 atom stereocenters. The van der Waals surface area contributed by atoms with Crippen molar-refractivity contribution in [3.63, 3.8) is 0 Å². The molecule has 1 aromatic carbocycles. The SMILES string of the molecule is c1cc(CN2CCCNCCNCC2)cc(CN2CCCNCCNCC2)c1. The smallest absolute Gasteiger partial charge is 0.0234 e. The van der Waals surface area contributed by atoms with Crippen molar-refractivity contribution in [1.82, 2.24) is 31.1 Å². The number of nitrogens with zero attached hydrogens (tertiary/aromatic N) is 2. The molecule has 0 saturated carbocycles. The molecular formula is C22H40N6. The van der Waals surface area contributed by atoms with Crippen molar-refractivity contribution in [3.8, 4) is 0 Å². The van der Waals surface area contributed by atoms with Crippen LogP contribution in [-0.4, -0.2) is 88.3 Å². The lowest BCUT2D eigenvalue weighted by molar-refractivity contribution is 0.252. The number of hydrogen-bond acceptors (Lipinski definition) is 6. The first-order chi connectivity index (χ1) is 13.9. The van der Waals surface area contributed by atoms with Gasteiger partial charge in [-0.1, -0.05) is 24.3 Å². The van der Waals surface area contributed by atoms with Crippen LogP contribution in [0.1, 0.15) is 24.0 Å². The Kier molecular flexibility index (Phi) is 10.3. The van der Waals surface area contributed by atoms with Crippen LogP contribution in [0.25, 0.3) is 0 Å². The van der Waals surface area contributed by atoms with Crippen LogP contribution in [0, 0.1) is 0 Å². The van der Waals surface area contributed by atoms with Crippen LogP contribution in [-0.2, 0) is 13.1 Å². The minimum absolute atomic E-state index is 1.06. The second kappa shape index (κ2) is 13.2. The van der Waals surface area contributed by atoms with Gasteiger partial charge >= 0.3 is 0 Å². The van der Waals surface area contributed by atoms with E-state index in [0.717, 1.165) is 78.5 Å². The van der Waals surface area contributed by atoms with E-state index in [2.05, 4.69) is 55.3 Å². The van der Waals surface area contributed by atoms with E-state index in [1.54, 1.807) is 0 Å². The average molecular weight is 389 g/mol. The summed E-state index contributed by atoms with van der Waals surface area (Å²) in [6.45, 7) is 15.4. The zero-order chi connectivity index (χ0) is 19.3. The van der Waals surface area contributed by atoms with Crippen LogP contribution in [0.4, 0.5) is 0 Å². The molecule has 0 aromatic heterocycles. The predicted molar refractivity (Wildman–Crippen MR) is 118 cm³/mol. The minimum Gasteiger partial charge on any atom is -0.315 e. The highest BCUT2D eigenvalue weighted by atomic mass is 15.1. The highest BCUT2D eigenvalue weighted by molar-refractivity contribution is 5.23. The van der Waals surface area contributed by atoms with E-state index < -0.39 is 0 Å². The largest absolute Gasteiger partial charge is 0.315 e. The van der Waals surface area contributed by atoms with Gasteiger partial charge in [0.15, 0.2) is 0 Å². The molecule has 1 aromatic rings. The highest BCUT2D eigenvalue weighted by Crippen LogP contribution is 2.12. The lowest BCUT2D eigenvalue weighted by Crippen LogP contribution is -2.39. The van der Waals surface area contributed by atoms with Crippen LogP contribution in [0.5, 0.6) is 0 Å².